The van der Waals surface area contributed by atoms with Crippen LogP contribution in [0.25, 0.3) is 0 Å². The van der Waals surface area contributed by atoms with Gasteiger partial charge in [0.05, 0.1) is 17.1 Å². The third kappa shape index (κ3) is 6.59. The molecule has 0 aromatic heterocycles. The molecule has 0 radical (unpaired) electrons. The second kappa shape index (κ2) is 13.8. The van der Waals surface area contributed by atoms with Gasteiger partial charge in [-0.05, 0) is 26.0 Å². The summed E-state index contributed by atoms with van der Waals surface area (Å²) in [6.45, 7) is 10.6. The molecule has 49 heavy (non-hydrogen) atoms. The summed E-state index contributed by atoms with van der Waals surface area (Å²) in [5.41, 5.74) is -5.45. The van der Waals surface area contributed by atoms with Gasteiger partial charge in [0.25, 0.3) is 0 Å². The van der Waals surface area contributed by atoms with Crippen LogP contribution in [-0.2, 0) is 66.7 Å². The van der Waals surface area contributed by atoms with Crippen LogP contribution in [-0.4, -0.2) is 96.2 Å². The van der Waals surface area contributed by atoms with Crippen LogP contribution in [0.15, 0.2) is 30.3 Å². The molecule has 1 heterocycles. The smallest absolute Gasteiger partial charge is 0.338 e. The van der Waals surface area contributed by atoms with Gasteiger partial charge < -0.3 is 37.9 Å². The summed E-state index contributed by atoms with van der Waals surface area (Å²) in [5.74, 6) is -8.21. The summed E-state index contributed by atoms with van der Waals surface area (Å²) in [4.78, 5) is 90.6. The Morgan fingerprint density at radius 2 is 1.08 bits per heavy atom. The van der Waals surface area contributed by atoms with E-state index in [0.29, 0.717) is 0 Å². The fraction of sp³-hybridized carbons (Fsp3) is 0.618. The molecule has 4 rings (SSSR count). The molecule has 1 aliphatic heterocycles. The largest absolute Gasteiger partial charge is 0.465 e. The lowest BCUT2D eigenvalue weighted by Crippen LogP contribution is -2.84. The quantitative estimate of drug-likeness (QED) is 0.270. The molecule has 3 aliphatic rings. The van der Waals surface area contributed by atoms with Gasteiger partial charge in [-0.3, -0.25) is 28.8 Å². The van der Waals surface area contributed by atoms with Gasteiger partial charge in [0, 0.05) is 47.5 Å². The molecule has 1 aromatic rings. The van der Waals surface area contributed by atoms with Crippen LogP contribution in [0.2, 0.25) is 0 Å². The van der Waals surface area contributed by atoms with Crippen LogP contribution < -0.4 is 0 Å². The van der Waals surface area contributed by atoms with Crippen LogP contribution >= 0.6 is 0 Å². The van der Waals surface area contributed by atoms with E-state index in [4.69, 9.17) is 37.9 Å². The Labute approximate surface area is 283 Å². The second-order valence-corrected chi connectivity index (χ2v) is 13.1. The molecule has 15 heteroatoms. The number of carbonyl (C=O) groups excluding carboxylic acids is 7. The highest BCUT2D eigenvalue weighted by Gasteiger charge is 2.87. The van der Waals surface area contributed by atoms with E-state index >= 15 is 0 Å². The lowest BCUT2D eigenvalue weighted by atomic mass is 9.46. The van der Waals surface area contributed by atoms with Crippen molar-refractivity contribution in [3.05, 3.63) is 35.9 Å². The SMILES string of the molecule is CC(=O)OC[C@@]12C(OC(C)=O)C(OC(C)=O)C(OC(C)=O)[C@H](C)[C@]13OC(C)(C)[C@H](C(OC(=O)c1ccccc1)C2OC(C)=O)C3OC(C)=O. The minimum atomic E-state index is -2.17. The number of esters is 7. The number of hydrogen-bond donors (Lipinski definition) is 0. The van der Waals surface area contributed by atoms with Crippen LogP contribution in [0.1, 0.15) is 72.7 Å². The number of hydrogen-bond acceptors (Lipinski definition) is 15. The van der Waals surface area contributed by atoms with E-state index in [2.05, 4.69) is 0 Å². The van der Waals surface area contributed by atoms with E-state index in [0.717, 1.165) is 41.5 Å². The van der Waals surface area contributed by atoms with Gasteiger partial charge in [-0.25, -0.2) is 4.79 Å². The summed E-state index contributed by atoms with van der Waals surface area (Å²) < 4.78 is 48.3. The zero-order valence-electron chi connectivity index (χ0n) is 28.8. The molecule has 2 bridgehead atoms. The molecule has 2 saturated carbocycles. The van der Waals surface area contributed by atoms with Crippen LogP contribution in [0, 0.1) is 17.3 Å². The first-order chi connectivity index (χ1) is 22.8. The Balaban J connectivity index is 2.18. The fourth-order valence-corrected chi connectivity index (χ4v) is 8.10. The van der Waals surface area contributed by atoms with Crippen molar-refractivity contribution < 1.29 is 71.5 Å². The summed E-state index contributed by atoms with van der Waals surface area (Å²) in [5, 5.41) is 0. The van der Waals surface area contributed by atoms with E-state index in [-0.39, 0.29) is 5.56 Å². The van der Waals surface area contributed by atoms with Gasteiger partial charge >= 0.3 is 41.8 Å². The number of ether oxygens (including phenoxy) is 8. The lowest BCUT2D eigenvalue weighted by Gasteiger charge is -2.65. The highest BCUT2D eigenvalue weighted by Crippen LogP contribution is 2.69. The van der Waals surface area contributed by atoms with Crippen molar-refractivity contribution >= 4 is 41.8 Å². The van der Waals surface area contributed by atoms with Crippen molar-refractivity contribution in [2.45, 2.75) is 110 Å². The number of rotatable bonds is 9. The maximum absolute atomic E-state index is 13.8. The minimum Gasteiger partial charge on any atom is -0.465 e. The van der Waals surface area contributed by atoms with Crippen molar-refractivity contribution in [1.82, 2.24) is 0 Å². The Morgan fingerprint density at radius 3 is 1.57 bits per heavy atom. The predicted molar refractivity (Wildman–Crippen MR) is 163 cm³/mol. The van der Waals surface area contributed by atoms with Crippen molar-refractivity contribution in [2.75, 3.05) is 6.61 Å². The molecular formula is C34H42O15. The normalized spacial score (nSPS) is 33.9. The summed E-state index contributed by atoms with van der Waals surface area (Å²) in [6, 6.07) is 7.90. The summed E-state index contributed by atoms with van der Waals surface area (Å²) in [6.07, 6.45) is -9.49. The molecule has 1 aromatic carbocycles. The maximum atomic E-state index is 13.8. The molecule has 3 fully saturated rings. The minimum absolute atomic E-state index is 0.122. The first kappa shape index (κ1) is 37.3. The monoisotopic (exact) mass is 690 g/mol. The first-order valence-corrected chi connectivity index (χ1v) is 15.8. The van der Waals surface area contributed by atoms with Gasteiger partial charge in [-0.1, -0.05) is 25.1 Å². The maximum Gasteiger partial charge on any atom is 0.338 e. The number of carbonyl (C=O) groups is 7. The molecule has 2 aliphatic carbocycles. The third-order valence-corrected chi connectivity index (χ3v) is 9.42. The molecule has 1 saturated heterocycles. The Bertz CT molecular complexity index is 1500. The van der Waals surface area contributed by atoms with E-state index in [1.165, 1.54) is 12.1 Å². The highest BCUT2D eigenvalue weighted by atomic mass is 16.7. The van der Waals surface area contributed by atoms with Gasteiger partial charge in [0.1, 0.15) is 35.9 Å². The average molecular weight is 691 g/mol. The van der Waals surface area contributed by atoms with Crippen LogP contribution in [0.5, 0.6) is 0 Å². The standard InChI is InChI=1S/C34H42O15/c1-16-25(43-18(3)36)27(44-19(4)37)30(47-22(7)40)33(15-42-17(2)35)29(46-21(6)39)26(48-31(41)23-13-11-10-12-14-23)24-28(45-20(5)38)34(16,33)49-32(24,8)9/h10-14,16,24-30H,15H2,1-9H3/t16-,24+,25?,26?,27?,28?,29?,30?,33+,34+/m0/s1. The Hall–Kier alpha value is -4.53. The highest BCUT2D eigenvalue weighted by molar-refractivity contribution is 5.89. The third-order valence-electron chi connectivity index (χ3n) is 9.42. The molecule has 0 amide bonds. The van der Waals surface area contributed by atoms with Crippen molar-refractivity contribution in [2.24, 2.45) is 17.3 Å². The van der Waals surface area contributed by atoms with E-state index in [9.17, 15) is 33.6 Å². The molecule has 0 N–H and O–H groups in total. The Morgan fingerprint density at radius 1 is 0.612 bits per heavy atom. The molecule has 268 valence electrons. The number of fused-ring (bicyclic) bond motifs is 1. The van der Waals surface area contributed by atoms with Crippen LogP contribution in [0.4, 0.5) is 0 Å². The zero-order chi connectivity index (χ0) is 36.6. The average Bonchev–Trinajstić information content (AvgIpc) is 3.17. The lowest BCUT2D eigenvalue weighted by molar-refractivity contribution is -0.347. The van der Waals surface area contributed by atoms with Crippen molar-refractivity contribution in [1.29, 1.82) is 0 Å². The van der Waals surface area contributed by atoms with Gasteiger partial charge in [-0.2, -0.15) is 0 Å². The molecule has 6 unspecified atom stereocenters. The zero-order valence-corrected chi connectivity index (χ0v) is 28.8. The van der Waals surface area contributed by atoms with Gasteiger partial charge in [0.2, 0.25) is 0 Å². The fourth-order valence-electron chi connectivity index (χ4n) is 8.10. The number of benzene rings is 1. The molecular weight excluding hydrogens is 648 g/mol. The Kier molecular flexibility index (Phi) is 10.5. The van der Waals surface area contributed by atoms with Crippen LogP contribution in [0.3, 0.4) is 0 Å². The van der Waals surface area contributed by atoms with E-state index in [1.807, 2.05) is 0 Å². The summed E-state index contributed by atoms with van der Waals surface area (Å²) in [7, 11) is 0. The molecule has 15 nitrogen and oxygen atoms in total. The van der Waals surface area contributed by atoms with E-state index < -0.39 is 113 Å². The van der Waals surface area contributed by atoms with Gasteiger partial charge in [-0.15, -0.1) is 0 Å². The van der Waals surface area contributed by atoms with Gasteiger partial charge in [0.15, 0.2) is 18.3 Å². The van der Waals surface area contributed by atoms with Crippen molar-refractivity contribution in [3.8, 4) is 0 Å². The van der Waals surface area contributed by atoms with Crippen molar-refractivity contribution in [3.63, 3.8) is 0 Å². The molecule has 1 spiro atoms. The second-order valence-electron chi connectivity index (χ2n) is 13.1. The first-order valence-electron chi connectivity index (χ1n) is 15.8. The molecule has 10 atom stereocenters. The van der Waals surface area contributed by atoms with E-state index in [1.54, 1.807) is 39.0 Å². The topological polar surface area (TPSA) is 193 Å². The predicted octanol–water partition coefficient (Wildman–Crippen LogP) is 2.25. The summed E-state index contributed by atoms with van der Waals surface area (Å²) >= 11 is 0.